The summed E-state index contributed by atoms with van der Waals surface area (Å²) in [4.78, 5) is 2.54. The van der Waals surface area contributed by atoms with Gasteiger partial charge in [-0.1, -0.05) is 12.8 Å². The zero-order valence-electron chi connectivity index (χ0n) is 14.4. The minimum Gasteiger partial charge on any atom is -0.468 e. The number of rotatable bonds is 5. The summed E-state index contributed by atoms with van der Waals surface area (Å²) in [6.07, 6.45) is 11.2. The van der Waals surface area contributed by atoms with Gasteiger partial charge in [-0.15, -0.1) is 0 Å². The van der Waals surface area contributed by atoms with Crippen molar-refractivity contribution >= 4 is 17.3 Å². The van der Waals surface area contributed by atoms with Crippen LogP contribution in [0.15, 0.2) is 22.8 Å². The number of hydrogen-bond donors (Lipinski definition) is 2. The van der Waals surface area contributed by atoms with Crippen molar-refractivity contribution in [3.05, 3.63) is 24.2 Å². The van der Waals surface area contributed by atoms with Crippen LogP contribution >= 0.6 is 12.2 Å². The van der Waals surface area contributed by atoms with Crippen molar-refractivity contribution in [3.63, 3.8) is 0 Å². The molecule has 4 rings (SSSR count). The van der Waals surface area contributed by atoms with Gasteiger partial charge in [-0.3, -0.25) is 4.90 Å². The first kappa shape index (κ1) is 16.4. The maximum atomic E-state index is 5.71. The maximum absolute atomic E-state index is 5.71. The Morgan fingerprint density at radius 1 is 1.25 bits per heavy atom. The van der Waals surface area contributed by atoms with E-state index < -0.39 is 0 Å². The normalized spacial score (nSPS) is 31.1. The molecule has 0 radical (unpaired) electrons. The molecule has 1 aliphatic heterocycles. The number of likely N-dealkylation sites (tertiary alicyclic amines) is 1. The molecule has 2 N–H and O–H groups in total. The van der Waals surface area contributed by atoms with E-state index in [1.165, 1.54) is 44.9 Å². The van der Waals surface area contributed by atoms with Crippen molar-refractivity contribution in [1.82, 2.24) is 15.5 Å². The van der Waals surface area contributed by atoms with Gasteiger partial charge in [0.05, 0.1) is 12.3 Å². The van der Waals surface area contributed by atoms with Crippen LogP contribution in [-0.4, -0.2) is 35.7 Å². The van der Waals surface area contributed by atoms with Crippen LogP contribution in [0.25, 0.3) is 0 Å². The molecule has 0 amide bonds. The Morgan fingerprint density at radius 2 is 2.12 bits per heavy atom. The molecule has 3 fully saturated rings. The molecule has 3 aliphatic rings. The standard InChI is InChI=1S/C19H29N3OS/c24-19(21-16-12-14-6-7-15(16)11-14)20-13-17(18-5-4-10-23-18)22-8-2-1-3-9-22/h4-5,10,14-17H,1-3,6-9,11-13H2,(H2,20,21,24)/t14-,15-,16+,17+/m1/s1. The van der Waals surface area contributed by atoms with E-state index in [-0.39, 0.29) is 6.04 Å². The molecular weight excluding hydrogens is 318 g/mol. The van der Waals surface area contributed by atoms with Gasteiger partial charge in [-0.05, 0) is 81.4 Å². The minimum atomic E-state index is 0.278. The smallest absolute Gasteiger partial charge is 0.166 e. The Hall–Kier alpha value is -1.07. The second kappa shape index (κ2) is 7.44. The summed E-state index contributed by atoms with van der Waals surface area (Å²) in [5.41, 5.74) is 0. The molecule has 24 heavy (non-hydrogen) atoms. The third kappa shape index (κ3) is 3.62. The number of furan rings is 1. The largest absolute Gasteiger partial charge is 0.468 e. The zero-order valence-corrected chi connectivity index (χ0v) is 15.2. The Kier molecular flexibility index (Phi) is 5.09. The quantitative estimate of drug-likeness (QED) is 0.798. The average molecular weight is 348 g/mol. The van der Waals surface area contributed by atoms with Gasteiger partial charge in [0, 0.05) is 12.6 Å². The highest BCUT2D eigenvalue weighted by Gasteiger charge is 2.39. The highest BCUT2D eigenvalue weighted by Crippen LogP contribution is 2.44. The monoisotopic (exact) mass is 347 g/mol. The molecule has 0 spiro atoms. The number of nitrogens with one attached hydrogen (secondary N) is 2. The third-order valence-corrected chi connectivity index (χ3v) is 6.48. The van der Waals surface area contributed by atoms with Gasteiger partial charge in [-0.2, -0.15) is 0 Å². The summed E-state index contributed by atoms with van der Waals surface area (Å²) in [6, 6.07) is 4.95. The Morgan fingerprint density at radius 3 is 2.79 bits per heavy atom. The zero-order chi connectivity index (χ0) is 16.4. The van der Waals surface area contributed by atoms with E-state index in [0.29, 0.717) is 6.04 Å². The first-order valence-electron chi connectivity index (χ1n) is 9.61. The van der Waals surface area contributed by atoms with Gasteiger partial charge in [0.1, 0.15) is 5.76 Å². The molecule has 2 aliphatic carbocycles. The van der Waals surface area contributed by atoms with Gasteiger partial charge in [0.2, 0.25) is 0 Å². The van der Waals surface area contributed by atoms with Gasteiger partial charge in [0.15, 0.2) is 5.11 Å². The van der Waals surface area contributed by atoms with Gasteiger partial charge in [-0.25, -0.2) is 0 Å². The van der Waals surface area contributed by atoms with Crippen LogP contribution in [0.4, 0.5) is 0 Å². The van der Waals surface area contributed by atoms with E-state index in [9.17, 15) is 0 Å². The summed E-state index contributed by atoms with van der Waals surface area (Å²) in [5, 5.41) is 7.88. The summed E-state index contributed by atoms with van der Waals surface area (Å²) < 4.78 is 5.71. The molecule has 132 valence electrons. The van der Waals surface area contributed by atoms with Crippen LogP contribution in [0.1, 0.15) is 56.7 Å². The topological polar surface area (TPSA) is 40.4 Å². The summed E-state index contributed by atoms with van der Waals surface area (Å²) in [5.74, 6) is 2.84. The van der Waals surface area contributed by atoms with Gasteiger partial charge < -0.3 is 15.1 Å². The predicted octanol–water partition coefficient (Wildman–Crippen LogP) is 3.46. The van der Waals surface area contributed by atoms with Crippen molar-refractivity contribution in [3.8, 4) is 0 Å². The summed E-state index contributed by atoms with van der Waals surface area (Å²) in [6.45, 7) is 3.12. The average Bonchev–Trinajstić information content (AvgIpc) is 3.34. The van der Waals surface area contributed by atoms with Crippen molar-refractivity contribution in [2.24, 2.45) is 11.8 Å². The summed E-state index contributed by atoms with van der Waals surface area (Å²) in [7, 11) is 0. The van der Waals surface area contributed by atoms with E-state index in [1.54, 1.807) is 6.26 Å². The van der Waals surface area contributed by atoms with Gasteiger partial charge >= 0.3 is 0 Å². The Labute approximate surface area is 150 Å². The Balaban J connectivity index is 1.32. The number of nitrogens with zero attached hydrogens (tertiary/aromatic N) is 1. The highest BCUT2D eigenvalue weighted by molar-refractivity contribution is 7.80. The molecule has 2 bridgehead atoms. The molecule has 4 atom stereocenters. The molecule has 1 saturated heterocycles. The molecule has 2 saturated carbocycles. The first-order chi connectivity index (χ1) is 11.8. The SMILES string of the molecule is S=C(NC[C@@H](c1ccco1)N1CCCCC1)N[C@H]1C[C@@H]2CC[C@@H]1C2. The molecule has 0 aromatic carbocycles. The van der Waals surface area contributed by atoms with Crippen molar-refractivity contribution in [1.29, 1.82) is 0 Å². The second-order valence-corrected chi connectivity index (χ2v) is 8.17. The lowest BCUT2D eigenvalue weighted by atomic mass is 9.95. The van der Waals surface area contributed by atoms with E-state index in [0.717, 1.165) is 42.3 Å². The summed E-state index contributed by atoms with van der Waals surface area (Å²) >= 11 is 5.58. The van der Waals surface area contributed by atoms with Crippen LogP contribution in [0.5, 0.6) is 0 Å². The lowest BCUT2D eigenvalue weighted by Crippen LogP contribution is -2.47. The predicted molar refractivity (Wildman–Crippen MR) is 99.8 cm³/mol. The van der Waals surface area contributed by atoms with E-state index in [2.05, 4.69) is 21.6 Å². The lowest BCUT2D eigenvalue weighted by Gasteiger charge is -2.34. The van der Waals surface area contributed by atoms with E-state index >= 15 is 0 Å². The molecule has 1 aromatic rings. The highest BCUT2D eigenvalue weighted by atomic mass is 32.1. The number of piperidine rings is 1. The molecule has 5 heteroatoms. The molecule has 0 unspecified atom stereocenters. The fourth-order valence-corrected chi connectivity index (χ4v) is 5.19. The van der Waals surface area contributed by atoms with Crippen molar-refractivity contribution < 1.29 is 4.42 Å². The fourth-order valence-electron chi connectivity index (χ4n) is 4.95. The molecule has 4 nitrogen and oxygen atoms in total. The van der Waals surface area contributed by atoms with Crippen LogP contribution in [-0.2, 0) is 0 Å². The van der Waals surface area contributed by atoms with Crippen molar-refractivity contribution in [2.45, 2.75) is 57.0 Å². The van der Waals surface area contributed by atoms with Crippen LogP contribution in [0, 0.1) is 11.8 Å². The second-order valence-electron chi connectivity index (χ2n) is 7.76. The minimum absolute atomic E-state index is 0.278. The number of thiocarbonyl (C=S) groups is 1. The molecular formula is C19H29N3OS. The fraction of sp³-hybridized carbons (Fsp3) is 0.737. The molecule has 2 heterocycles. The molecule has 1 aromatic heterocycles. The maximum Gasteiger partial charge on any atom is 0.166 e. The third-order valence-electron chi connectivity index (χ3n) is 6.21. The first-order valence-corrected chi connectivity index (χ1v) is 10.0. The number of fused-ring (bicyclic) bond motifs is 2. The van der Waals surface area contributed by atoms with Crippen LogP contribution < -0.4 is 10.6 Å². The lowest BCUT2D eigenvalue weighted by molar-refractivity contribution is 0.146. The van der Waals surface area contributed by atoms with Crippen molar-refractivity contribution in [2.75, 3.05) is 19.6 Å². The van der Waals surface area contributed by atoms with Gasteiger partial charge in [0.25, 0.3) is 0 Å². The van der Waals surface area contributed by atoms with Crippen LogP contribution in [0.2, 0.25) is 0 Å². The van der Waals surface area contributed by atoms with E-state index in [4.69, 9.17) is 16.6 Å². The van der Waals surface area contributed by atoms with E-state index in [1.807, 2.05) is 6.07 Å². The number of hydrogen-bond acceptors (Lipinski definition) is 3. The Bertz CT molecular complexity index is 541. The van der Waals surface area contributed by atoms with Crippen LogP contribution in [0.3, 0.4) is 0 Å².